The number of halogens is 1. The summed E-state index contributed by atoms with van der Waals surface area (Å²) in [6.07, 6.45) is 1.31. The fraction of sp³-hybridized carbons (Fsp3) is 0.615. The molecule has 1 saturated heterocycles. The third kappa shape index (κ3) is 2.79. The first-order valence-electron chi connectivity index (χ1n) is 6.36. The fourth-order valence-corrected chi connectivity index (χ4v) is 2.51. The third-order valence-corrected chi connectivity index (χ3v) is 3.38. The number of hydrogen-bond donors (Lipinski definition) is 1. The number of pyridine rings is 1. The Hall–Kier alpha value is -1.20. The summed E-state index contributed by atoms with van der Waals surface area (Å²) in [5.74, 6) is 0.636. The number of rotatable bonds is 3. The number of hydrogen-bond acceptors (Lipinski definition) is 4. The van der Waals surface area contributed by atoms with Gasteiger partial charge in [0.25, 0.3) is 0 Å². The van der Waals surface area contributed by atoms with Crippen molar-refractivity contribution in [3.05, 3.63) is 23.6 Å². The number of aromatic nitrogens is 1. The third-order valence-electron chi connectivity index (χ3n) is 3.38. The summed E-state index contributed by atoms with van der Waals surface area (Å²) in [6, 6.07) is 1.97. The van der Waals surface area contributed by atoms with Crippen LogP contribution < -0.4 is 10.2 Å². The fourth-order valence-electron chi connectivity index (χ4n) is 2.51. The van der Waals surface area contributed by atoms with Crippen molar-refractivity contribution < 1.29 is 4.39 Å². The lowest BCUT2D eigenvalue weighted by atomic mass is 10.1. The van der Waals surface area contributed by atoms with Crippen molar-refractivity contribution in [1.82, 2.24) is 15.2 Å². The van der Waals surface area contributed by atoms with Crippen LogP contribution in [0.15, 0.2) is 12.3 Å². The molecule has 2 rings (SSSR count). The Morgan fingerprint density at radius 3 is 2.94 bits per heavy atom. The highest BCUT2D eigenvalue weighted by atomic mass is 19.1. The maximum absolute atomic E-state index is 13.3. The highest BCUT2D eigenvalue weighted by Crippen LogP contribution is 2.22. The van der Waals surface area contributed by atoms with E-state index < -0.39 is 0 Å². The molecular formula is C13H21FN4. The van der Waals surface area contributed by atoms with Crippen molar-refractivity contribution in [2.45, 2.75) is 19.5 Å². The number of nitrogens with one attached hydrogen (secondary N) is 1. The van der Waals surface area contributed by atoms with E-state index in [4.69, 9.17) is 0 Å². The summed E-state index contributed by atoms with van der Waals surface area (Å²) in [6.45, 7) is 5.79. The molecule has 18 heavy (non-hydrogen) atoms. The lowest BCUT2D eigenvalue weighted by Crippen LogP contribution is -2.51. The molecule has 0 radical (unpaired) electrons. The zero-order valence-electron chi connectivity index (χ0n) is 11.3. The van der Waals surface area contributed by atoms with Gasteiger partial charge in [-0.25, -0.2) is 9.37 Å². The summed E-state index contributed by atoms with van der Waals surface area (Å²) in [5.41, 5.74) is 0.925. The minimum atomic E-state index is -0.272. The quantitative estimate of drug-likeness (QED) is 0.872. The van der Waals surface area contributed by atoms with E-state index in [1.54, 1.807) is 6.07 Å². The largest absolute Gasteiger partial charge is 0.351 e. The van der Waals surface area contributed by atoms with Crippen molar-refractivity contribution in [1.29, 1.82) is 0 Å². The first-order chi connectivity index (χ1) is 8.61. The van der Waals surface area contributed by atoms with Crippen molar-refractivity contribution in [2.24, 2.45) is 0 Å². The second-order valence-corrected chi connectivity index (χ2v) is 4.97. The second-order valence-electron chi connectivity index (χ2n) is 4.97. The predicted molar refractivity (Wildman–Crippen MR) is 71.3 cm³/mol. The van der Waals surface area contributed by atoms with Crippen LogP contribution in [0.3, 0.4) is 0 Å². The van der Waals surface area contributed by atoms with Crippen LogP contribution >= 0.6 is 0 Å². The molecule has 1 N–H and O–H groups in total. The van der Waals surface area contributed by atoms with Gasteiger partial charge in [0.05, 0.1) is 6.20 Å². The van der Waals surface area contributed by atoms with Gasteiger partial charge in [-0.15, -0.1) is 0 Å². The predicted octanol–water partition coefficient (Wildman–Crippen LogP) is 1.08. The second kappa shape index (κ2) is 5.63. The Bertz CT molecular complexity index is 410. The Kier molecular flexibility index (Phi) is 4.14. The lowest BCUT2D eigenvalue weighted by molar-refractivity contribution is 0.274. The van der Waals surface area contributed by atoms with Crippen molar-refractivity contribution >= 4 is 5.82 Å². The van der Waals surface area contributed by atoms with E-state index in [1.165, 1.54) is 6.20 Å². The standard InChI is InChI=1S/C13H21FN4/c1-10-9-17(3)4-5-18(10)13-11(7-15-2)6-12(14)8-16-13/h6,8,10,15H,4-5,7,9H2,1-3H3. The van der Waals surface area contributed by atoms with Crippen LogP contribution in [0.1, 0.15) is 12.5 Å². The van der Waals surface area contributed by atoms with E-state index in [-0.39, 0.29) is 5.82 Å². The molecule has 2 heterocycles. The van der Waals surface area contributed by atoms with Crippen molar-refractivity contribution in [2.75, 3.05) is 38.6 Å². The molecule has 5 heteroatoms. The molecule has 1 unspecified atom stereocenters. The molecule has 1 aliphatic heterocycles. The summed E-state index contributed by atoms with van der Waals surface area (Å²) in [7, 11) is 3.99. The van der Waals surface area contributed by atoms with E-state index in [9.17, 15) is 4.39 Å². The van der Waals surface area contributed by atoms with Gasteiger partial charge in [0.2, 0.25) is 0 Å². The van der Waals surface area contributed by atoms with Gasteiger partial charge >= 0.3 is 0 Å². The van der Waals surface area contributed by atoms with E-state index in [2.05, 4.69) is 34.1 Å². The molecule has 0 aliphatic carbocycles. The first-order valence-corrected chi connectivity index (χ1v) is 6.36. The maximum atomic E-state index is 13.3. The van der Waals surface area contributed by atoms with Crippen LogP contribution in [0.2, 0.25) is 0 Å². The topological polar surface area (TPSA) is 31.4 Å². The van der Waals surface area contributed by atoms with Gasteiger partial charge in [-0.2, -0.15) is 0 Å². The van der Waals surface area contributed by atoms with Crippen LogP contribution in [0, 0.1) is 5.82 Å². The molecule has 4 nitrogen and oxygen atoms in total. The van der Waals surface area contributed by atoms with Crippen LogP contribution in [0.25, 0.3) is 0 Å². The number of anilines is 1. The number of likely N-dealkylation sites (N-methyl/N-ethyl adjacent to an activating group) is 1. The van der Waals surface area contributed by atoms with Crippen LogP contribution in [-0.2, 0) is 6.54 Å². The van der Waals surface area contributed by atoms with Gasteiger partial charge in [0.15, 0.2) is 0 Å². The summed E-state index contributed by atoms with van der Waals surface area (Å²) >= 11 is 0. The molecule has 0 spiro atoms. The summed E-state index contributed by atoms with van der Waals surface area (Å²) in [4.78, 5) is 8.87. The summed E-state index contributed by atoms with van der Waals surface area (Å²) < 4.78 is 13.3. The number of nitrogens with zero attached hydrogens (tertiary/aromatic N) is 3. The van der Waals surface area contributed by atoms with Gasteiger partial charge < -0.3 is 15.1 Å². The zero-order chi connectivity index (χ0) is 13.1. The van der Waals surface area contributed by atoms with Crippen molar-refractivity contribution in [3.8, 4) is 0 Å². The molecule has 0 amide bonds. The smallest absolute Gasteiger partial charge is 0.141 e. The SMILES string of the molecule is CNCc1cc(F)cnc1N1CCN(C)CC1C. The Morgan fingerprint density at radius 2 is 2.28 bits per heavy atom. The maximum Gasteiger partial charge on any atom is 0.141 e. The monoisotopic (exact) mass is 252 g/mol. The van der Waals surface area contributed by atoms with E-state index in [0.717, 1.165) is 31.0 Å². The minimum Gasteiger partial charge on any atom is -0.351 e. The first kappa shape index (κ1) is 13.2. The Labute approximate surface area is 108 Å². The molecule has 1 aromatic heterocycles. The molecule has 0 aromatic carbocycles. The number of piperazine rings is 1. The van der Waals surface area contributed by atoms with Crippen LogP contribution in [0.5, 0.6) is 0 Å². The molecule has 0 saturated carbocycles. The molecule has 100 valence electrons. The minimum absolute atomic E-state index is 0.272. The van der Waals surface area contributed by atoms with E-state index in [1.807, 2.05) is 7.05 Å². The van der Waals surface area contributed by atoms with Crippen molar-refractivity contribution in [3.63, 3.8) is 0 Å². The normalized spacial score (nSPS) is 21.3. The lowest BCUT2D eigenvalue weighted by Gasteiger charge is -2.39. The van der Waals surface area contributed by atoms with E-state index in [0.29, 0.717) is 12.6 Å². The molecule has 1 atom stereocenters. The van der Waals surface area contributed by atoms with Crippen LogP contribution in [-0.4, -0.2) is 49.7 Å². The van der Waals surface area contributed by atoms with E-state index >= 15 is 0 Å². The molecule has 1 fully saturated rings. The molecule has 0 bridgehead atoms. The van der Waals surface area contributed by atoms with Crippen LogP contribution in [0.4, 0.5) is 10.2 Å². The summed E-state index contributed by atoms with van der Waals surface area (Å²) in [5, 5.41) is 3.07. The van der Waals surface area contributed by atoms with Gasteiger partial charge in [0.1, 0.15) is 11.6 Å². The van der Waals surface area contributed by atoms with Gasteiger partial charge in [0, 0.05) is 37.8 Å². The average molecular weight is 252 g/mol. The average Bonchev–Trinajstić information content (AvgIpc) is 2.31. The highest BCUT2D eigenvalue weighted by Gasteiger charge is 2.24. The van der Waals surface area contributed by atoms with Gasteiger partial charge in [-0.3, -0.25) is 0 Å². The molecule has 1 aromatic rings. The van der Waals surface area contributed by atoms with Gasteiger partial charge in [-0.1, -0.05) is 0 Å². The Morgan fingerprint density at radius 1 is 1.50 bits per heavy atom. The molecular weight excluding hydrogens is 231 g/mol. The molecule has 1 aliphatic rings. The highest BCUT2D eigenvalue weighted by molar-refractivity contribution is 5.48. The zero-order valence-corrected chi connectivity index (χ0v) is 11.3. The Balaban J connectivity index is 2.26. The van der Waals surface area contributed by atoms with Gasteiger partial charge in [-0.05, 0) is 27.1 Å².